The molecule has 0 spiro atoms. The maximum Gasteiger partial charge on any atom is 0.317 e. The van der Waals surface area contributed by atoms with Crippen molar-refractivity contribution in [3.8, 4) is 0 Å². The second kappa shape index (κ2) is 7.99. The molecule has 5 nitrogen and oxygen atoms in total. The van der Waals surface area contributed by atoms with E-state index in [1.165, 1.54) is 0 Å². The zero-order valence-corrected chi connectivity index (χ0v) is 13.4. The number of ether oxygens (including phenoxy) is 1. The molecule has 3 atom stereocenters. The summed E-state index contributed by atoms with van der Waals surface area (Å²) in [5.74, 6) is 0.585. The van der Waals surface area contributed by atoms with Crippen LogP contribution in [0.15, 0.2) is 0 Å². The third-order valence-electron chi connectivity index (χ3n) is 5.07. The quantitative estimate of drug-likeness (QED) is 0.817. The second-order valence-corrected chi connectivity index (χ2v) is 6.33. The van der Waals surface area contributed by atoms with Gasteiger partial charge < -0.3 is 20.1 Å². The Morgan fingerprint density at radius 3 is 2.81 bits per heavy atom. The SMILES string of the molecule is CCC(CC)[C@H]1C[C@@H](NC(=O)N2CCC[C@H]2CO)CCO1. The van der Waals surface area contributed by atoms with E-state index < -0.39 is 0 Å². The molecule has 0 aromatic rings. The highest BCUT2D eigenvalue weighted by atomic mass is 16.5. The highest BCUT2D eigenvalue weighted by Crippen LogP contribution is 2.25. The average Bonchev–Trinajstić information content (AvgIpc) is 2.97. The lowest BCUT2D eigenvalue weighted by molar-refractivity contribution is -0.0337. The Bertz CT molecular complexity index is 333. The molecule has 2 aliphatic heterocycles. The number of carbonyl (C=O) groups excluding carboxylic acids is 1. The molecule has 2 N–H and O–H groups in total. The van der Waals surface area contributed by atoms with Crippen molar-refractivity contribution in [2.24, 2.45) is 5.92 Å². The molecule has 2 aliphatic rings. The molecule has 21 heavy (non-hydrogen) atoms. The van der Waals surface area contributed by atoms with Crippen LogP contribution in [-0.2, 0) is 4.74 Å². The van der Waals surface area contributed by atoms with Gasteiger partial charge in [-0.05, 0) is 31.6 Å². The largest absolute Gasteiger partial charge is 0.394 e. The number of nitrogens with zero attached hydrogens (tertiary/aromatic N) is 1. The predicted octanol–water partition coefficient (Wildman–Crippen LogP) is 2.14. The number of urea groups is 1. The van der Waals surface area contributed by atoms with E-state index in [2.05, 4.69) is 19.2 Å². The van der Waals surface area contributed by atoms with Gasteiger partial charge in [0.2, 0.25) is 0 Å². The van der Waals surface area contributed by atoms with Crippen LogP contribution in [0, 0.1) is 5.92 Å². The van der Waals surface area contributed by atoms with Crippen LogP contribution in [0.4, 0.5) is 4.79 Å². The minimum atomic E-state index is -0.0123. The molecule has 0 bridgehead atoms. The normalized spacial score (nSPS) is 29.9. The van der Waals surface area contributed by atoms with E-state index in [1.54, 1.807) is 4.90 Å². The number of aliphatic hydroxyl groups is 1. The van der Waals surface area contributed by atoms with Crippen molar-refractivity contribution in [2.45, 2.75) is 70.6 Å². The Hall–Kier alpha value is -0.810. The van der Waals surface area contributed by atoms with Crippen molar-refractivity contribution >= 4 is 6.03 Å². The topological polar surface area (TPSA) is 61.8 Å². The van der Waals surface area contributed by atoms with Gasteiger partial charge in [0.1, 0.15) is 0 Å². The van der Waals surface area contributed by atoms with E-state index in [0.717, 1.165) is 51.7 Å². The number of aliphatic hydroxyl groups excluding tert-OH is 1. The minimum Gasteiger partial charge on any atom is -0.394 e. The molecule has 0 aromatic heterocycles. The summed E-state index contributed by atoms with van der Waals surface area (Å²) in [5, 5.41) is 12.5. The van der Waals surface area contributed by atoms with E-state index in [0.29, 0.717) is 5.92 Å². The van der Waals surface area contributed by atoms with Crippen molar-refractivity contribution in [1.29, 1.82) is 0 Å². The van der Waals surface area contributed by atoms with Crippen LogP contribution in [0.25, 0.3) is 0 Å². The number of amides is 2. The molecule has 2 fully saturated rings. The fraction of sp³-hybridized carbons (Fsp3) is 0.938. The van der Waals surface area contributed by atoms with Crippen molar-refractivity contribution < 1.29 is 14.6 Å². The van der Waals surface area contributed by atoms with Gasteiger partial charge in [0, 0.05) is 19.2 Å². The van der Waals surface area contributed by atoms with Crippen molar-refractivity contribution in [2.75, 3.05) is 19.8 Å². The summed E-state index contributed by atoms with van der Waals surface area (Å²) in [4.78, 5) is 14.2. The van der Waals surface area contributed by atoms with Gasteiger partial charge in [0.05, 0.1) is 18.8 Å². The Balaban J connectivity index is 1.86. The minimum absolute atomic E-state index is 0.000306. The molecule has 0 saturated carbocycles. The third kappa shape index (κ3) is 4.10. The number of hydrogen-bond donors (Lipinski definition) is 2. The van der Waals surface area contributed by atoms with Crippen LogP contribution in [0.5, 0.6) is 0 Å². The molecule has 0 radical (unpaired) electrons. The van der Waals surface area contributed by atoms with Gasteiger partial charge in [-0.3, -0.25) is 0 Å². The Morgan fingerprint density at radius 1 is 1.38 bits per heavy atom. The molecule has 0 aliphatic carbocycles. The van der Waals surface area contributed by atoms with E-state index in [4.69, 9.17) is 4.74 Å². The second-order valence-electron chi connectivity index (χ2n) is 6.33. The lowest BCUT2D eigenvalue weighted by Gasteiger charge is -2.35. The molecule has 2 rings (SSSR count). The summed E-state index contributed by atoms with van der Waals surface area (Å²) in [5.41, 5.74) is 0. The van der Waals surface area contributed by atoms with Gasteiger partial charge >= 0.3 is 6.03 Å². The Morgan fingerprint density at radius 2 is 2.14 bits per heavy atom. The number of rotatable bonds is 5. The van der Waals surface area contributed by atoms with Crippen LogP contribution in [-0.4, -0.2) is 54.0 Å². The molecule has 0 aromatic carbocycles. The molecular formula is C16H30N2O3. The summed E-state index contributed by atoms with van der Waals surface area (Å²) < 4.78 is 5.90. The molecule has 0 unspecified atom stereocenters. The fourth-order valence-corrected chi connectivity index (χ4v) is 3.65. The van der Waals surface area contributed by atoms with Crippen LogP contribution in [0.2, 0.25) is 0 Å². The van der Waals surface area contributed by atoms with Gasteiger partial charge in [-0.2, -0.15) is 0 Å². The molecule has 2 amide bonds. The Labute approximate surface area is 128 Å². The van der Waals surface area contributed by atoms with Crippen molar-refractivity contribution in [1.82, 2.24) is 10.2 Å². The standard InChI is InChI=1S/C16H30N2O3/c1-3-12(4-2)15-10-13(7-9-21-15)17-16(20)18-8-5-6-14(18)11-19/h12-15,19H,3-11H2,1-2H3,(H,17,20)/t13-,14-,15+/m0/s1. The van der Waals surface area contributed by atoms with Crippen molar-refractivity contribution in [3.05, 3.63) is 0 Å². The average molecular weight is 298 g/mol. The van der Waals surface area contributed by atoms with Crippen LogP contribution < -0.4 is 5.32 Å². The monoisotopic (exact) mass is 298 g/mol. The van der Waals surface area contributed by atoms with E-state index in [1.807, 2.05) is 0 Å². The number of nitrogens with one attached hydrogen (secondary N) is 1. The van der Waals surface area contributed by atoms with Gasteiger partial charge in [-0.15, -0.1) is 0 Å². The lowest BCUT2D eigenvalue weighted by Crippen LogP contribution is -2.50. The number of likely N-dealkylation sites (tertiary alicyclic amines) is 1. The number of hydrogen-bond acceptors (Lipinski definition) is 3. The summed E-state index contributed by atoms with van der Waals surface area (Å²) in [7, 11) is 0. The van der Waals surface area contributed by atoms with Gasteiger partial charge in [0.25, 0.3) is 0 Å². The number of carbonyl (C=O) groups is 1. The van der Waals surface area contributed by atoms with Gasteiger partial charge in [-0.1, -0.05) is 26.7 Å². The first-order valence-electron chi connectivity index (χ1n) is 8.49. The molecule has 122 valence electrons. The summed E-state index contributed by atoms with van der Waals surface area (Å²) >= 11 is 0. The van der Waals surface area contributed by atoms with E-state index in [9.17, 15) is 9.90 Å². The molecule has 5 heteroatoms. The van der Waals surface area contributed by atoms with Crippen LogP contribution in [0.1, 0.15) is 52.4 Å². The molecular weight excluding hydrogens is 268 g/mol. The molecule has 2 heterocycles. The molecule has 2 saturated heterocycles. The first kappa shape index (κ1) is 16.6. The predicted molar refractivity (Wildman–Crippen MR) is 82.2 cm³/mol. The summed E-state index contributed by atoms with van der Waals surface area (Å²) in [6.45, 7) is 5.97. The zero-order valence-electron chi connectivity index (χ0n) is 13.4. The first-order valence-corrected chi connectivity index (χ1v) is 8.49. The first-order chi connectivity index (χ1) is 10.2. The highest BCUT2D eigenvalue weighted by molar-refractivity contribution is 5.75. The summed E-state index contributed by atoms with van der Waals surface area (Å²) in [6, 6.07) is 0.193. The van der Waals surface area contributed by atoms with Crippen LogP contribution in [0.3, 0.4) is 0 Å². The maximum absolute atomic E-state index is 12.4. The third-order valence-corrected chi connectivity index (χ3v) is 5.07. The van der Waals surface area contributed by atoms with E-state index >= 15 is 0 Å². The van der Waals surface area contributed by atoms with Gasteiger partial charge in [0.15, 0.2) is 0 Å². The zero-order chi connectivity index (χ0) is 15.2. The fourth-order valence-electron chi connectivity index (χ4n) is 3.65. The smallest absolute Gasteiger partial charge is 0.317 e. The maximum atomic E-state index is 12.4. The van der Waals surface area contributed by atoms with Gasteiger partial charge in [-0.25, -0.2) is 4.79 Å². The highest BCUT2D eigenvalue weighted by Gasteiger charge is 2.32. The Kier molecular flexibility index (Phi) is 6.30. The summed E-state index contributed by atoms with van der Waals surface area (Å²) in [6.07, 6.45) is 6.22. The van der Waals surface area contributed by atoms with Crippen LogP contribution >= 0.6 is 0 Å². The lowest BCUT2D eigenvalue weighted by atomic mass is 9.89. The van der Waals surface area contributed by atoms with E-state index in [-0.39, 0.29) is 30.8 Å². The van der Waals surface area contributed by atoms with Crippen molar-refractivity contribution in [3.63, 3.8) is 0 Å².